The fraction of sp³-hybridized carbons (Fsp3) is 0.167. The van der Waals surface area contributed by atoms with Crippen LogP contribution >= 0.6 is 0 Å². The van der Waals surface area contributed by atoms with Gasteiger partial charge in [0.1, 0.15) is 11.6 Å². The molecule has 2 rings (SSSR count). The number of nitrogens with two attached hydrogens (primary N) is 1. The number of nitrogens with zero attached hydrogens (tertiary/aromatic N) is 3. The van der Waals surface area contributed by atoms with Crippen molar-refractivity contribution in [3.05, 3.63) is 41.3 Å². The van der Waals surface area contributed by atoms with Crippen LogP contribution in [0.15, 0.2) is 24.4 Å². The Kier molecular flexibility index (Phi) is 3.15. The first-order valence-electron chi connectivity index (χ1n) is 5.31. The second-order valence-electron chi connectivity index (χ2n) is 3.87. The van der Waals surface area contributed by atoms with Crippen LogP contribution in [-0.4, -0.2) is 9.78 Å². The third-order valence-electron chi connectivity index (χ3n) is 2.57. The molecule has 2 aromatic rings. The summed E-state index contributed by atoms with van der Waals surface area (Å²) in [7, 11) is 1.74. The van der Waals surface area contributed by atoms with Crippen LogP contribution in [0.1, 0.15) is 11.1 Å². The van der Waals surface area contributed by atoms with Crippen molar-refractivity contribution >= 4 is 11.5 Å². The van der Waals surface area contributed by atoms with Crippen molar-refractivity contribution in [3.8, 4) is 6.07 Å². The summed E-state index contributed by atoms with van der Waals surface area (Å²) in [4.78, 5) is 0. The molecule has 3 N–H and O–H groups in total. The van der Waals surface area contributed by atoms with Crippen molar-refractivity contribution in [1.29, 1.82) is 5.26 Å². The minimum Gasteiger partial charge on any atom is -0.384 e. The number of rotatable bonds is 3. The topological polar surface area (TPSA) is 79.7 Å². The lowest BCUT2D eigenvalue weighted by Crippen LogP contribution is -2.04. The van der Waals surface area contributed by atoms with Gasteiger partial charge in [0.15, 0.2) is 0 Å². The Balaban J connectivity index is 2.13. The van der Waals surface area contributed by atoms with E-state index < -0.39 is 5.82 Å². The molecule has 0 spiro atoms. The number of halogens is 1. The molecule has 1 aromatic carbocycles. The largest absolute Gasteiger partial charge is 0.384 e. The first kappa shape index (κ1) is 11.9. The lowest BCUT2D eigenvalue weighted by Gasteiger charge is -2.06. The van der Waals surface area contributed by atoms with Gasteiger partial charge in [-0.15, -0.1) is 0 Å². The molecule has 0 fully saturated rings. The van der Waals surface area contributed by atoms with Gasteiger partial charge in [-0.1, -0.05) is 0 Å². The van der Waals surface area contributed by atoms with Crippen LogP contribution in [0.25, 0.3) is 0 Å². The van der Waals surface area contributed by atoms with Crippen molar-refractivity contribution in [3.63, 3.8) is 0 Å². The number of hydrogen-bond acceptors (Lipinski definition) is 4. The van der Waals surface area contributed by atoms with Gasteiger partial charge < -0.3 is 11.1 Å². The van der Waals surface area contributed by atoms with Crippen LogP contribution < -0.4 is 11.1 Å². The van der Waals surface area contributed by atoms with Gasteiger partial charge in [0.05, 0.1) is 17.8 Å². The highest BCUT2D eigenvalue weighted by Gasteiger charge is 2.05. The third-order valence-corrected chi connectivity index (χ3v) is 2.57. The number of aryl methyl sites for hydroxylation is 1. The van der Waals surface area contributed by atoms with E-state index in [2.05, 4.69) is 10.4 Å². The molecular formula is C12H12FN5. The van der Waals surface area contributed by atoms with Crippen molar-refractivity contribution in [2.45, 2.75) is 6.54 Å². The van der Waals surface area contributed by atoms with Gasteiger partial charge in [0.25, 0.3) is 0 Å². The molecule has 0 aliphatic rings. The summed E-state index contributed by atoms with van der Waals surface area (Å²) < 4.78 is 14.8. The van der Waals surface area contributed by atoms with Gasteiger partial charge in [0.2, 0.25) is 0 Å². The average molecular weight is 245 g/mol. The van der Waals surface area contributed by atoms with Gasteiger partial charge in [0, 0.05) is 24.8 Å². The summed E-state index contributed by atoms with van der Waals surface area (Å²) in [6, 6.07) is 5.99. The normalized spacial score (nSPS) is 10.1. The van der Waals surface area contributed by atoms with Crippen molar-refractivity contribution < 1.29 is 4.39 Å². The molecule has 0 amide bonds. The van der Waals surface area contributed by atoms with E-state index in [0.29, 0.717) is 18.1 Å². The molecule has 1 aromatic heterocycles. The molecule has 1 heterocycles. The van der Waals surface area contributed by atoms with E-state index in [1.807, 2.05) is 6.07 Å². The zero-order valence-corrected chi connectivity index (χ0v) is 9.81. The molecule has 0 saturated heterocycles. The SMILES string of the molecule is Cn1ncc(CNc2cc(F)cc(C#N)c2)c1N. The van der Waals surface area contributed by atoms with E-state index in [-0.39, 0.29) is 5.56 Å². The number of nitrogen functional groups attached to an aromatic ring is 1. The van der Waals surface area contributed by atoms with E-state index in [1.165, 1.54) is 12.1 Å². The van der Waals surface area contributed by atoms with E-state index in [1.54, 1.807) is 24.0 Å². The van der Waals surface area contributed by atoms with Crippen LogP contribution in [0.5, 0.6) is 0 Å². The van der Waals surface area contributed by atoms with Crippen LogP contribution in [0, 0.1) is 17.1 Å². The molecule has 0 saturated carbocycles. The van der Waals surface area contributed by atoms with Crippen LogP contribution in [0.4, 0.5) is 15.9 Å². The van der Waals surface area contributed by atoms with Crippen LogP contribution in [0.2, 0.25) is 0 Å². The first-order valence-corrected chi connectivity index (χ1v) is 5.31. The molecule has 0 aliphatic carbocycles. The summed E-state index contributed by atoms with van der Waals surface area (Å²) in [5.74, 6) is 0.107. The molecular weight excluding hydrogens is 233 g/mol. The number of nitrogens with one attached hydrogen (secondary N) is 1. The van der Waals surface area contributed by atoms with E-state index in [4.69, 9.17) is 11.0 Å². The highest BCUT2D eigenvalue weighted by Crippen LogP contribution is 2.16. The molecule has 6 heteroatoms. The first-order chi connectivity index (χ1) is 8.60. The maximum absolute atomic E-state index is 13.2. The van der Waals surface area contributed by atoms with Crippen molar-refractivity contribution in [2.75, 3.05) is 11.1 Å². The summed E-state index contributed by atoms with van der Waals surface area (Å²) in [5.41, 5.74) is 7.42. The van der Waals surface area contributed by atoms with Crippen molar-refractivity contribution in [1.82, 2.24) is 9.78 Å². The van der Waals surface area contributed by atoms with E-state index >= 15 is 0 Å². The van der Waals surface area contributed by atoms with E-state index in [0.717, 1.165) is 5.56 Å². The number of hydrogen-bond donors (Lipinski definition) is 2. The molecule has 0 bridgehead atoms. The highest BCUT2D eigenvalue weighted by atomic mass is 19.1. The standard InChI is InChI=1S/C12H12FN5/c1-18-12(15)9(7-17-18)6-16-11-3-8(5-14)2-10(13)4-11/h2-4,7,16H,6,15H2,1H3. The second-order valence-corrected chi connectivity index (χ2v) is 3.87. The quantitative estimate of drug-likeness (QED) is 0.861. The Morgan fingerprint density at radius 3 is 2.89 bits per heavy atom. The summed E-state index contributed by atoms with van der Waals surface area (Å²) in [6.07, 6.45) is 1.65. The predicted molar refractivity (Wildman–Crippen MR) is 66.1 cm³/mol. The summed E-state index contributed by atoms with van der Waals surface area (Å²) >= 11 is 0. The van der Waals surface area contributed by atoms with Gasteiger partial charge in [-0.2, -0.15) is 10.4 Å². The molecule has 92 valence electrons. The van der Waals surface area contributed by atoms with Gasteiger partial charge in [-0.25, -0.2) is 4.39 Å². The maximum atomic E-state index is 13.2. The van der Waals surface area contributed by atoms with E-state index in [9.17, 15) is 4.39 Å². The minimum atomic E-state index is -0.448. The molecule has 18 heavy (non-hydrogen) atoms. The van der Waals surface area contributed by atoms with Gasteiger partial charge >= 0.3 is 0 Å². The van der Waals surface area contributed by atoms with Crippen LogP contribution in [-0.2, 0) is 13.6 Å². The molecule has 0 unspecified atom stereocenters. The van der Waals surface area contributed by atoms with Crippen LogP contribution in [0.3, 0.4) is 0 Å². The molecule has 0 radical (unpaired) electrons. The zero-order valence-electron chi connectivity index (χ0n) is 9.81. The fourth-order valence-electron chi connectivity index (χ4n) is 1.58. The molecule has 0 atom stereocenters. The Morgan fingerprint density at radius 2 is 2.28 bits per heavy atom. The smallest absolute Gasteiger partial charge is 0.126 e. The number of nitriles is 1. The Morgan fingerprint density at radius 1 is 1.50 bits per heavy atom. The number of anilines is 2. The molecule has 5 nitrogen and oxygen atoms in total. The third kappa shape index (κ3) is 2.40. The van der Waals surface area contributed by atoms with Gasteiger partial charge in [-0.3, -0.25) is 4.68 Å². The summed E-state index contributed by atoms with van der Waals surface area (Å²) in [6.45, 7) is 0.425. The summed E-state index contributed by atoms with van der Waals surface area (Å²) in [5, 5.41) is 15.8. The lowest BCUT2D eigenvalue weighted by molar-refractivity contribution is 0.627. The average Bonchev–Trinajstić information content (AvgIpc) is 2.67. The minimum absolute atomic E-state index is 0.275. The Labute approximate surface area is 104 Å². The highest BCUT2D eigenvalue weighted by molar-refractivity contribution is 5.51. The fourth-order valence-corrected chi connectivity index (χ4v) is 1.58. The monoisotopic (exact) mass is 245 g/mol. The lowest BCUT2D eigenvalue weighted by atomic mass is 10.2. The zero-order chi connectivity index (χ0) is 13.1. The maximum Gasteiger partial charge on any atom is 0.126 e. The van der Waals surface area contributed by atoms with Gasteiger partial charge in [-0.05, 0) is 18.2 Å². The molecule has 0 aliphatic heterocycles. The Hall–Kier alpha value is -2.55. The number of benzene rings is 1. The predicted octanol–water partition coefficient (Wildman–Crippen LogP) is 1.63. The van der Waals surface area contributed by atoms with Crippen molar-refractivity contribution in [2.24, 2.45) is 7.05 Å². The number of aromatic nitrogens is 2. The Bertz CT molecular complexity index is 611. The second kappa shape index (κ2) is 4.75.